The zero-order valence-electron chi connectivity index (χ0n) is 44.9. The Bertz CT molecular complexity index is 4520. The number of hydrogen-bond acceptors (Lipinski definition) is 3. The van der Waals surface area contributed by atoms with Crippen LogP contribution in [0.25, 0.3) is 103 Å². The molecule has 0 radical (unpaired) electrons. The van der Waals surface area contributed by atoms with E-state index in [2.05, 4.69) is 242 Å². The van der Waals surface area contributed by atoms with E-state index in [9.17, 15) is 0 Å². The molecule has 0 N–H and O–H groups in total. The first kappa shape index (κ1) is 44.7. The first-order valence-corrected chi connectivity index (χ1v) is 28.3. The highest BCUT2D eigenvalue weighted by Gasteiger charge is 2.46. The van der Waals surface area contributed by atoms with Crippen molar-refractivity contribution in [2.75, 3.05) is 4.81 Å². The van der Waals surface area contributed by atoms with E-state index in [0.29, 0.717) is 0 Å². The van der Waals surface area contributed by atoms with E-state index in [1.807, 2.05) is 11.3 Å². The van der Waals surface area contributed by atoms with Gasteiger partial charge in [-0.05, 0) is 151 Å². The number of furan rings is 1. The number of thiophene rings is 1. The van der Waals surface area contributed by atoms with Crippen LogP contribution in [-0.4, -0.2) is 11.4 Å². The minimum atomic E-state index is -0.168. The first-order valence-electron chi connectivity index (χ1n) is 27.5. The molecular weight excluding hydrogens is 940 g/mol. The number of anilines is 2. The van der Waals surface area contributed by atoms with E-state index >= 15 is 0 Å². The molecule has 2 aliphatic carbocycles. The molecule has 0 bridgehead atoms. The number of rotatable bonds is 3. The summed E-state index contributed by atoms with van der Waals surface area (Å²) in [5.41, 5.74) is 25.5. The fraction of sp³-hybridized carbons (Fsp3) is 0.211. The molecule has 0 amide bonds. The average molecular weight is 999 g/mol. The van der Waals surface area contributed by atoms with Gasteiger partial charge in [0.2, 0.25) is 0 Å². The second-order valence-electron chi connectivity index (χ2n) is 25.5. The van der Waals surface area contributed by atoms with Crippen LogP contribution in [-0.2, 0) is 21.7 Å². The number of hydrogen-bond donors (Lipinski definition) is 0. The Morgan fingerprint density at radius 1 is 0.513 bits per heavy atom. The maximum absolute atomic E-state index is 7.30. The molecule has 5 heteroatoms. The lowest BCUT2D eigenvalue weighted by Crippen LogP contribution is -2.60. The van der Waals surface area contributed by atoms with Gasteiger partial charge in [0.25, 0.3) is 0 Å². The molecular formula is C71H59BN2OS. The van der Waals surface area contributed by atoms with Crippen LogP contribution in [0.5, 0.6) is 0 Å². The summed E-state index contributed by atoms with van der Waals surface area (Å²) in [5.74, 6) is 0.894. The lowest BCUT2D eigenvalue weighted by Gasteiger charge is -2.42. The van der Waals surface area contributed by atoms with Gasteiger partial charge in [-0.25, -0.2) is 0 Å². The molecule has 9 aromatic carbocycles. The molecule has 12 aromatic rings. The molecule has 76 heavy (non-hydrogen) atoms. The van der Waals surface area contributed by atoms with E-state index < -0.39 is 0 Å². The summed E-state index contributed by atoms with van der Waals surface area (Å²) in [7, 11) is 0. The normalized spacial score (nSPS) is 16.4. The standard InChI is InChI=1S/C71H59BN2OS/c1-68(2,3)42-24-26-43(27-25-42)74-59-39-63-50(51-34-55-56(37-62(51)76-63)70(6,7)31-30-69(55,4)5)32-48(59)45-28-29-46-49-33-54-47(44-22-16-17-23-53(44)71(54,8)9)35-58(49)73-60-36-52-61(38-57(60)72(74)65(45)66(46)73)75-67(41-20-14-11-15-21-41)64(52)40-18-12-10-13-19-40/h10-29,32-39H,30-31H2,1-9H3. The minimum absolute atomic E-state index is 0.00812. The van der Waals surface area contributed by atoms with Gasteiger partial charge in [0.1, 0.15) is 11.3 Å². The van der Waals surface area contributed by atoms with Crippen molar-refractivity contribution in [3.05, 3.63) is 198 Å². The third-order valence-corrected chi connectivity index (χ3v) is 19.9. The summed E-state index contributed by atoms with van der Waals surface area (Å²) in [4.78, 5) is 2.70. The van der Waals surface area contributed by atoms with E-state index in [-0.39, 0.29) is 28.5 Å². The molecule has 3 aromatic heterocycles. The number of fused-ring (bicyclic) bond motifs is 16. The summed E-state index contributed by atoms with van der Waals surface area (Å²) in [6.07, 6.45) is 2.39. The van der Waals surface area contributed by atoms with Crippen molar-refractivity contribution in [1.29, 1.82) is 0 Å². The number of benzene rings is 9. The SMILES string of the molecule is CC(C)(C)c1ccc(N2B3c4cc5oc(-c6ccccc6)c(-c6ccccc6)c5cc4-n4c5cc6c(cc5c5ccc(c3c54)-c3cc4c(cc32)sc2cc3c(cc24)C(C)(C)CCC3(C)C)C(C)(C)c2ccccc2-6)cc1. The Balaban J connectivity index is 1.05. The van der Waals surface area contributed by atoms with Crippen LogP contribution in [0.2, 0.25) is 0 Å². The van der Waals surface area contributed by atoms with Gasteiger partial charge < -0.3 is 13.8 Å². The molecule has 368 valence electrons. The zero-order valence-corrected chi connectivity index (χ0v) is 45.7. The molecule has 16 rings (SSSR count). The Kier molecular flexibility index (Phi) is 8.74. The van der Waals surface area contributed by atoms with Crippen LogP contribution in [0, 0.1) is 0 Å². The highest BCUT2D eigenvalue weighted by molar-refractivity contribution is 7.26. The van der Waals surface area contributed by atoms with Crippen molar-refractivity contribution in [3.8, 4) is 50.4 Å². The Hall–Kier alpha value is -7.60. The largest absolute Gasteiger partial charge is 0.455 e. The second kappa shape index (κ2) is 14.9. The lowest BCUT2D eigenvalue weighted by atomic mass is 9.44. The van der Waals surface area contributed by atoms with Gasteiger partial charge >= 0.3 is 6.85 Å². The van der Waals surface area contributed by atoms with Gasteiger partial charge in [-0.15, -0.1) is 11.3 Å². The van der Waals surface area contributed by atoms with Crippen LogP contribution in [0.1, 0.15) is 103 Å². The third kappa shape index (κ3) is 5.90. The van der Waals surface area contributed by atoms with Gasteiger partial charge in [0.05, 0.1) is 11.0 Å². The fourth-order valence-electron chi connectivity index (χ4n) is 14.6. The van der Waals surface area contributed by atoms with Crippen LogP contribution in [0.15, 0.2) is 174 Å². The van der Waals surface area contributed by atoms with Crippen molar-refractivity contribution >= 4 is 93.4 Å². The van der Waals surface area contributed by atoms with Crippen molar-refractivity contribution < 1.29 is 4.42 Å². The predicted octanol–water partition coefficient (Wildman–Crippen LogP) is 18.4. The quantitative estimate of drug-likeness (QED) is 0.165. The van der Waals surface area contributed by atoms with E-state index in [4.69, 9.17) is 4.42 Å². The van der Waals surface area contributed by atoms with Crippen LogP contribution in [0.4, 0.5) is 11.4 Å². The molecule has 0 fully saturated rings. The number of aromatic nitrogens is 1. The summed E-state index contributed by atoms with van der Waals surface area (Å²) in [6.45, 7) is 21.4. The van der Waals surface area contributed by atoms with Gasteiger partial charge in [-0.2, -0.15) is 0 Å². The second-order valence-corrected chi connectivity index (χ2v) is 26.6. The molecule has 0 saturated carbocycles. The minimum Gasteiger partial charge on any atom is -0.455 e. The highest BCUT2D eigenvalue weighted by atomic mass is 32.1. The fourth-order valence-corrected chi connectivity index (χ4v) is 15.7. The average Bonchev–Trinajstić information content (AvgIpc) is 4.31. The van der Waals surface area contributed by atoms with E-state index in [1.54, 1.807) is 0 Å². The van der Waals surface area contributed by atoms with E-state index in [0.717, 1.165) is 33.4 Å². The molecule has 3 nitrogen and oxygen atoms in total. The summed E-state index contributed by atoms with van der Waals surface area (Å²) in [6, 6.07) is 65.4. The molecule has 2 aliphatic heterocycles. The van der Waals surface area contributed by atoms with Crippen molar-refractivity contribution in [3.63, 3.8) is 0 Å². The van der Waals surface area contributed by atoms with Gasteiger partial charge in [-0.1, -0.05) is 172 Å². The van der Waals surface area contributed by atoms with E-state index in [1.165, 1.54) is 133 Å². The van der Waals surface area contributed by atoms with Gasteiger partial charge in [0, 0.05) is 75.5 Å². The molecule has 4 aliphatic rings. The van der Waals surface area contributed by atoms with Crippen molar-refractivity contribution in [2.24, 2.45) is 0 Å². The number of nitrogens with zero attached hydrogens (tertiary/aromatic N) is 2. The van der Waals surface area contributed by atoms with Crippen molar-refractivity contribution in [1.82, 2.24) is 4.57 Å². The maximum atomic E-state index is 7.30. The monoisotopic (exact) mass is 998 g/mol. The van der Waals surface area contributed by atoms with Crippen LogP contribution >= 0.6 is 11.3 Å². The maximum Gasteiger partial charge on any atom is 0.333 e. The summed E-state index contributed by atoms with van der Waals surface area (Å²) >= 11 is 1.97. The topological polar surface area (TPSA) is 21.3 Å². The van der Waals surface area contributed by atoms with Crippen LogP contribution < -0.4 is 15.7 Å². The van der Waals surface area contributed by atoms with Crippen LogP contribution in [0.3, 0.4) is 0 Å². The highest BCUT2D eigenvalue weighted by Crippen LogP contribution is 2.55. The van der Waals surface area contributed by atoms with Crippen molar-refractivity contribution in [2.45, 2.75) is 96.8 Å². The zero-order chi connectivity index (χ0) is 51.5. The molecule has 0 unspecified atom stereocenters. The molecule has 0 spiro atoms. The molecule has 5 heterocycles. The first-order chi connectivity index (χ1) is 36.5. The Labute approximate surface area is 449 Å². The Morgan fingerprint density at radius 3 is 1.91 bits per heavy atom. The smallest absolute Gasteiger partial charge is 0.333 e. The molecule has 0 saturated heterocycles. The summed E-state index contributed by atoms with van der Waals surface area (Å²) < 4.78 is 12.7. The lowest BCUT2D eigenvalue weighted by molar-refractivity contribution is 0.332. The van der Waals surface area contributed by atoms with Gasteiger partial charge in [-0.3, -0.25) is 0 Å². The molecule has 0 atom stereocenters. The Morgan fingerprint density at radius 2 is 1.17 bits per heavy atom. The third-order valence-electron chi connectivity index (χ3n) is 18.8. The predicted molar refractivity (Wildman–Crippen MR) is 325 cm³/mol. The van der Waals surface area contributed by atoms with Gasteiger partial charge in [0.15, 0.2) is 0 Å². The summed E-state index contributed by atoms with van der Waals surface area (Å²) in [5, 5.41) is 6.44.